The molecule has 0 atom stereocenters. The van der Waals surface area contributed by atoms with Crippen LogP contribution < -0.4 is 0 Å². The number of nitriles is 2. The second-order valence-corrected chi connectivity index (χ2v) is 11.9. The quantitative estimate of drug-likeness (QED) is 0.199. The van der Waals surface area contributed by atoms with Crippen LogP contribution in [0.15, 0.2) is 158 Å². The van der Waals surface area contributed by atoms with Gasteiger partial charge in [-0.25, -0.2) is 0 Å². The molecular formula is C44H26N4. The standard InChI is InChI=1S/C44H26N4/c45-27-29-24-25-41-38(26-29)36-20-10-19-35(44(36)47(41)31-13-2-1-3-14-31)33-16-6-5-15-32(33)34-18-11-23-42-43(34)37-17-7-9-22-40(37)48(42)39-21-8-4-12-30(39)28-46/h1-26H. The minimum atomic E-state index is 0.630. The number of benzene rings is 7. The molecule has 0 aliphatic rings. The van der Waals surface area contributed by atoms with Crippen molar-refractivity contribution in [3.63, 3.8) is 0 Å². The molecule has 7 aromatic carbocycles. The first-order chi connectivity index (χ1) is 23.8. The first-order valence-electron chi connectivity index (χ1n) is 15.9. The molecular weight excluding hydrogens is 585 g/mol. The Morgan fingerprint density at radius 1 is 0.417 bits per heavy atom. The number of hydrogen-bond acceptors (Lipinski definition) is 2. The molecule has 0 aliphatic heterocycles. The molecule has 0 radical (unpaired) electrons. The molecule has 0 saturated heterocycles. The summed E-state index contributed by atoms with van der Waals surface area (Å²) in [6, 6.07) is 59.0. The third kappa shape index (κ3) is 4.01. The van der Waals surface area contributed by atoms with Crippen molar-refractivity contribution in [2.45, 2.75) is 0 Å². The topological polar surface area (TPSA) is 57.4 Å². The lowest BCUT2D eigenvalue weighted by atomic mass is 9.91. The lowest BCUT2D eigenvalue weighted by Gasteiger charge is -2.16. The Labute approximate surface area is 277 Å². The van der Waals surface area contributed by atoms with E-state index in [-0.39, 0.29) is 0 Å². The Morgan fingerprint density at radius 3 is 1.88 bits per heavy atom. The van der Waals surface area contributed by atoms with Gasteiger partial charge in [-0.2, -0.15) is 10.5 Å². The van der Waals surface area contributed by atoms with Crippen LogP contribution in [-0.2, 0) is 0 Å². The lowest BCUT2D eigenvalue weighted by molar-refractivity contribution is 1.17. The molecule has 222 valence electrons. The van der Waals surface area contributed by atoms with Crippen molar-refractivity contribution in [3.8, 4) is 45.8 Å². The van der Waals surface area contributed by atoms with Gasteiger partial charge in [0.05, 0.1) is 45.0 Å². The fraction of sp³-hybridized carbons (Fsp3) is 0. The van der Waals surface area contributed by atoms with Gasteiger partial charge in [0, 0.05) is 32.8 Å². The number of hydrogen-bond donors (Lipinski definition) is 0. The second-order valence-electron chi connectivity index (χ2n) is 11.9. The third-order valence-corrected chi connectivity index (χ3v) is 9.40. The Kier molecular flexibility index (Phi) is 6.22. The molecule has 0 fully saturated rings. The average Bonchev–Trinajstić information content (AvgIpc) is 3.68. The zero-order chi connectivity index (χ0) is 32.2. The van der Waals surface area contributed by atoms with E-state index in [2.05, 4.69) is 137 Å². The molecule has 0 spiro atoms. The molecule has 0 bridgehead atoms. The maximum absolute atomic E-state index is 10.0. The number of rotatable bonds is 4. The highest BCUT2D eigenvalue weighted by Crippen LogP contribution is 2.45. The summed E-state index contributed by atoms with van der Waals surface area (Å²) in [5.74, 6) is 0. The van der Waals surface area contributed by atoms with Crippen molar-refractivity contribution in [2.24, 2.45) is 0 Å². The highest BCUT2D eigenvalue weighted by molar-refractivity contribution is 6.19. The van der Waals surface area contributed by atoms with E-state index in [1.54, 1.807) is 0 Å². The van der Waals surface area contributed by atoms with E-state index in [0.717, 1.165) is 77.2 Å². The Bertz CT molecular complexity index is 2800. The number of fused-ring (bicyclic) bond motifs is 6. The van der Waals surface area contributed by atoms with E-state index < -0.39 is 0 Å². The minimum Gasteiger partial charge on any atom is -0.309 e. The van der Waals surface area contributed by atoms with E-state index in [0.29, 0.717) is 11.1 Å². The summed E-state index contributed by atoms with van der Waals surface area (Å²) in [6.07, 6.45) is 0. The summed E-state index contributed by atoms with van der Waals surface area (Å²) in [7, 11) is 0. The van der Waals surface area contributed by atoms with Crippen LogP contribution in [0.3, 0.4) is 0 Å². The molecule has 48 heavy (non-hydrogen) atoms. The predicted octanol–water partition coefficient (Wildman–Crippen LogP) is 11.0. The van der Waals surface area contributed by atoms with Crippen molar-refractivity contribution < 1.29 is 0 Å². The summed E-state index contributed by atoms with van der Waals surface area (Å²) in [5, 5.41) is 24.2. The molecule has 0 aliphatic carbocycles. The van der Waals surface area contributed by atoms with Gasteiger partial charge in [-0.3, -0.25) is 0 Å². The van der Waals surface area contributed by atoms with Gasteiger partial charge in [0.15, 0.2) is 0 Å². The van der Waals surface area contributed by atoms with Crippen LogP contribution in [0.1, 0.15) is 11.1 Å². The molecule has 2 heterocycles. The van der Waals surface area contributed by atoms with Crippen molar-refractivity contribution in [1.29, 1.82) is 10.5 Å². The van der Waals surface area contributed by atoms with Crippen LogP contribution in [0.4, 0.5) is 0 Å². The summed E-state index contributed by atoms with van der Waals surface area (Å²) >= 11 is 0. The van der Waals surface area contributed by atoms with E-state index in [1.165, 1.54) is 0 Å². The average molecular weight is 611 g/mol. The maximum Gasteiger partial charge on any atom is 0.101 e. The molecule has 9 rings (SSSR count). The second kappa shape index (κ2) is 10.9. The third-order valence-electron chi connectivity index (χ3n) is 9.40. The van der Waals surface area contributed by atoms with Gasteiger partial charge in [-0.15, -0.1) is 0 Å². The molecule has 0 N–H and O–H groups in total. The first-order valence-corrected chi connectivity index (χ1v) is 15.9. The van der Waals surface area contributed by atoms with Crippen LogP contribution in [0.25, 0.3) is 77.2 Å². The van der Waals surface area contributed by atoms with Crippen molar-refractivity contribution >= 4 is 43.6 Å². The van der Waals surface area contributed by atoms with Gasteiger partial charge >= 0.3 is 0 Å². The van der Waals surface area contributed by atoms with Gasteiger partial charge in [0.25, 0.3) is 0 Å². The van der Waals surface area contributed by atoms with Gasteiger partial charge in [0.2, 0.25) is 0 Å². The zero-order valence-corrected chi connectivity index (χ0v) is 25.8. The Balaban J connectivity index is 1.38. The summed E-state index contributed by atoms with van der Waals surface area (Å²) in [6.45, 7) is 0. The summed E-state index contributed by atoms with van der Waals surface area (Å²) in [4.78, 5) is 0. The minimum absolute atomic E-state index is 0.630. The fourth-order valence-electron chi connectivity index (χ4n) is 7.42. The van der Waals surface area contributed by atoms with E-state index in [4.69, 9.17) is 0 Å². The first kappa shape index (κ1) is 27.4. The number of aromatic nitrogens is 2. The van der Waals surface area contributed by atoms with Gasteiger partial charge in [0.1, 0.15) is 6.07 Å². The largest absolute Gasteiger partial charge is 0.309 e. The van der Waals surface area contributed by atoms with Crippen LogP contribution in [0.5, 0.6) is 0 Å². The summed E-state index contributed by atoms with van der Waals surface area (Å²) < 4.78 is 4.54. The lowest BCUT2D eigenvalue weighted by Crippen LogP contribution is -1.97. The number of para-hydroxylation sites is 4. The van der Waals surface area contributed by atoms with Crippen LogP contribution >= 0.6 is 0 Å². The van der Waals surface area contributed by atoms with Crippen molar-refractivity contribution in [3.05, 3.63) is 169 Å². The zero-order valence-electron chi connectivity index (χ0n) is 25.8. The fourth-order valence-corrected chi connectivity index (χ4v) is 7.42. The van der Waals surface area contributed by atoms with E-state index in [1.807, 2.05) is 42.5 Å². The Hall–Kier alpha value is -6.88. The normalized spacial score (nSPS) is 11.3. The van der Waals surface area contributed by atoms with Crippen LogP contribution in [0.2, 0.25) is 0 Å². The molecule has 0 unspecified atom stereocenters. The monoisotopic (exact) mass is 610 g/mol. The highest BCUT2D eigenvalue weighted by atomic mass is 15.0. The SMILES string of the molecule is N#Cc1ccc2c(c1)c1cccc(-c3ccccc3-c3cccc4c3c3ccccc3n4-c3ccccc3C#N)c1n2-c1ccccc1. The van der Waals surface area contributed by atoms with Crippen LogP contribution in [0, 0.1) is 22.7 Å². The van der Waals surface area contributed by atoms with Crippen molar-refractivity contribution in [1.82, 2.24) is 9.13 Å². The molecule has 0 saturated carbocycles. The molecule has 4 heteroatoms. The molecule has 0 amide bonds. The molecule has 4 nitrogen and oxygen atoms in total. The van der Waals surface area contributed by atoms with E-state index in [9.17, 15) is 10.5 Å². The highest BCUT2D eigenvalue weighted by Gasteiger charge is 2.22. The van der Waals surface area contributed by atoms with Gasteiger partial charge in [-0.1, -0.05) is 103 Å². The predicted molar refractivity (Wildman–Crippen MR) is 195 cm³/mol. The molecule has 9 aromatic rings. The van der Waals surface area contributed by atoms with Crippen molar-refractivity contribution in [2.75, 3.05) is 0 Å². The maximum atomic E-state index is 10.0. The number of nitrogens with zero attached hydrogens (tertiary/aromatic N) is 4. The van der Waals surface area contributed by atoms with Crippen LogP contribution in [-0.4, -0.2) is 9.13 Å². The smallest absolute Gasteiger partial charge is 0.101 e. The Morgan fingerprint density at radius 2 is 1.04 bits per heavy atom. The van der Waals surface area contributed by atoms with Gasteiger partial charge < -0.3 is 9.13 Å². The summed E-state index contributed by atoms with van der Waals surface area (Å²) in [5.41, 5.74) is 11.9. The van der Waals surface area contributed by atoms with E-state index >= 15 is 0 Å². The molecule has 2 aromatic heterocycles. The van der Waals surface area contributed by atoms with Gasteiger partial charge in [-0.05, 0) is 71.3 Å².